The van der Waals surface area contributed by atoms with Gasteiger partial charge in [-0.2, -0.15) is 0 Å². The van der Waals surface area contributed by atoms with Crippen molar-refractivity contribution in [1.82, 2.24) is 9.80 Å². The maximum atomic E-state index is 12.3. The van der Waals surface area contributed by atoms with Crippen molar-refractivity contribution < 1.29 is 22.2 Å². The topological polar surface area (TPSA) is 76.2 Å². The first-order chi connectivity index (χ1) is 10.1. The van der Waals surface area contributed by atoms with Gasteiger partial charge in [-0.05, 0) is 5.56 Å². The molecular formula is C13H13IN2O5. The summed E-state index contributed by atoms with van der Waals surface area (Å²) in [5.41, 5.74) is 0.902. The highest BCUT2D eigenvalue weighted by Gasteiger charge is 2.46. The standard InChI is InChI=1S/C13H13IN2O5/c1-20-11(17)10-8-15(7-9-5-3-2-4-6-9)12(18)16(10)13(19)21-14/h2-6,10H,7-8H2,1H3. The fourth-order valence-corrected chi connectivity index (χ4v) is 2.36. The smallest absolute Gasteiger partial charge is 0.428 e. The minimum Gasteiger partial charge on any atom is -0.467 e. The quantitative estimate of drug-likeness (QED) is 0.569. The molecular weight excluding hydrogens is 391 g/mol. The van der Waals surface area contributed by atoms with E-state index in [1.807, 2.05) is 30.3 Å². The van der Waals surface area contributed by atoms with Crippen molar-refractivity contribution >= 4 is 41.1 Å². The van der Waals surface area contributed by atoms with Gasteiger partial charge >= 0.3 is 18.1 Å². The Morgan fingerprint density at radius 1 is 1.33 bits per heavy atom. The molecule has 21 heavy (non-hydrogen) atoms. The number of urea groups is 1. The van der Waals surface area contributed by atoms with Crippen LogP contribution in [0.2, 0.25) is 0 Å². The predicted octanol–water partition coefficient (Wildman–Crippen LogP) is 1.95. The van der Waals surface area contributed by atoms with Crippen LogP contribution in [0.1, 0.15) is 5.56 Å². The van der Waals surface area contributed by atoms with Crippen molar-refractivity contribution in [2.45, 2.75) is 12.6 Å². The van der Waals surface area contributed by atoms with Gasteiger partial charge in [0.2, 0.25) is 0 Å². The molecule has 0 saturated carbocycles. The molecule has 0 spiro atoms. The largest absolute Gasteiger partial charge is 0.467 e. The fourth-order valence-electron chi connectivity index (χ4n) is 2.15. The lowest BCUT2D eigenvalue weighted by Gasteiger charge is -2.17. The number of methoxy groups -OCH3 is 1. The van der Waals surface area contributed by atoms with Gasteiger partial charge < -0.3 is 12.7 Å². The molecule has 3 amide bonds. The number of esters is 1. The summed E-state index contributed by atoms with van der Waals surface area (Å²) in [5.74, 6) is -0.652. The number of hydrogen-bond donors (Lipinski definition) is 0. The Kier molecular flexibility index (Phi) is 4.99. The van der Waals surface area contributed by atoms with Crippen LogP contribution in [0.5, 0.6) is 0 Å². The first-order valence-electron chi connectivity index (χ1n) is 6.11. The van der Waals surface area contributed by atoms with Gasteiger partial charge in [0.15, 0.2) is 29.0 Å². The third kappa shape index (κ3) is 3.26. The molecule has 1 aliphatic heterocycles. The van der Waals surface area contributed by atoms with Crippen molar-refractivity contribution in [1.29, 1.82) is 0 Å². The molecule has 1 saturated heterocycles. The van der Waals surface area contributed by atoms with Crippen molar-refractivity contribution in [3.05, 3.63) is 35.9 Å². The maximum absolute atomic E-state index is 12.3. The fraction of sp³-hybridized carbons (Fsp3) is 0.308. The third-order valence-electron chi connectivity index (χ3n) is 3.13. The molecule has 1 unspecified atom stereocenters. The minimum atomic E-state index is -0.992. The molecule has 8 heteroatoms. The lowest BCUT2D eigenvalue weighted by atomic mass is 10.2. The molecule has 1 aromatic carbocycles. The van der Waals surface area contributed by atoms with E-state index in [0.717, 1.165) is 10.5 Å². The maximum Gasteiger partial charge on any atom is 0.428 e. The Hall–Kier alpha value is -1.84. The molecule has 1 aromatic rings. The molecule has 7 nitrogen and oxygen atoms in total. The number of carbonyl (C=O) groups is 3. The van der Waals surface area contributed by atoms with Gasteiger partial charge in [0, 0.05) is 6.54 Å². The van der Waals surface area contributed by atoms with E-state index in [2.05, 4.69) is 7.80 Å². The molecule has 0 aromatic heterocycles. The van der Waals surface area contributed by atoms with Crippen molar-refractivity contribution in [2.75, 3.05) is 13.7 Å². The van der Waals surface area contributed by atoms with Gasteiger partial charge in [0.25, 0.3) is 0 Å². The second-order valence-corrected chi connectivity index (χ2v) is 4.84. The predicted molar refractivity (Wildman–Crippen MR) is 80.4 cm³/mol. The number of carbonyl (C=O) groups excluding carboxylic acids is 3. The van der Waals surface area contributed by atoms with Crippen molar-refractivity contribution in [3.8, 4) is 0 Å². The summed E-state index contributed by atoms with van der Waals surface area (Å²) in [6, 6.07) is 7.73. The first kappa shape index (κ1) is 15.5. The number of amides is 3. The summed E-state index contributed by atoms with van der Waals surface area (Å²) in [6.45, 7) is 0.379. The zero-order valence-corrected chi connectivity index (χ0v) is 13.3. The average molecular weight is 404 g/mol. The minimum absolute atomic E-state index is 0.0755. The Labute approximate surface area is 135 Å². The van der Waals surface area contributed by atoms with E-state index in [9.17, 15) is 14.4 Å². The zero-order valence-electron chi connectivity index (χ0n) is 11.2. The molecule has 0 radical (unpaired) electrons. The van der Waals surface area contributed by atoms with Gasteiger partial charge in [0.05, 0.1) is 13.7 Å². The van der Waals surface area contributed by atoms with E-state index in [1.165, 1.54) is 35.0 Å². The van der Waals surface area contributed by atoms with Crippen LogP contribution < -0.4 is 0 Å². The Bertz CT molecular complexity index is 551. The number of ether oxygens (including phenoxy) is 1. The van der Waals surface area contributed by atoms with Gasteiger partial charge in [-0.1, -0.05) is 30.3 Å². The monoisotopic (exact) mass is 404 g/mol. The van der Waals surface area contributed by atoms with Crippen LogP contribution in [0.3, 0.4) is 0 Å². The van der Waals surface area contributed by atoms with Crippen LogP contribution in [-0.4, -0.2) is 47.6 Å². The van der Waals surface area contributed by atoms with E-state index in [0.29, 0.717) is 6.54 Å². The van der Waals surface area contributed by atoms with Crippen LogP contribution in [0.4, 0.5) is 9.59 Å². The molecule has 1 heterocycles. The Morgan fingerprint density at radius 3 is 2.57 bits per heavy atom. The van der Waals surface area contributed by atoms with E-state index in [4.69, 9.17) is 0 Å². The number of rotatable bonds is 3. The zero-order chi connectivity index (χ0) is 15.4. The number of nitrogens with zero attached hydrogens (tertiary/aromatic N) is 2. The van der Waals surface area contributed by atoms with Crippen LogP contribution in [-0.2, 0) is 19.1 Å². The molecule has 1 atom stereocenters. The molecule has 0 bridgehead atoms. The third-order valence-corrected chi connectivity index (χ3v) is 3.51. The Morgan fingerprint density at radius 2 is 2.00 bits per heavy atom. The van der Waals surface area contributed by atoms with Crippen molar-refractivity contribution in [3.63, 3.8) is 0 Å². The van der Waals surface area contributed by atoms with Gasteiger partial charge in [-0.15, -0.1) is 0 Å². The van der Waals surface area contributed by atoms with E-state index in [-0.39, 0.29) is 6.54 Å². The number of hydrogen-bond acceptors (Lipinski definition) is 5. The molecule has 1 aliphatic rings. The molecule has 0 N–H and O–H groups in total. The van der Waals surface area contributed by atoms with E-state index in [1.54, 1.807) is 0 Å². The summed E-state index contributed by atoms with van der Waals surface area (Å²) in [7, 11) is 1.21. The molecule has 1 fully saturated rings. The van der Waals surface area contributed by atoms with Gasteiger partial charge in [-0.25, -0.2) is 19.3 Å². The first-order valence-corrected chi connectivity index (χ1v) is 6.99. The summed E-state index contributed by atoms with van der Waals surface area (Å²) in [6.07, 6.45) is -0.883. The van der Waals surface area contributed by atoms with Crippen LogP contribution in [0.25, 0.3) is 0 Å². The number of halogens is 1. The summed E-state index contributed by atoms with van der Waals surface area (Å²) in [4.78, 5) is 37.9. The number of benzene rings is 1. The lowest BCUT2D eigenvalue weighted by Crippen LogP contribution is -2.43. The molecule has 0 aliphatic carbocycles. The average Bonchev–Trinajstić information content (AvgIpc) is 2.83. The van der Waals surface area contributed by atoms with Gasteiger partial charge in [-0.3, -0.25) is 0 Å². The van der Waals surface area contributed by atoms with Crippen LogP contribution in [0.15, 0.2) is 30.3 Å². The second-order valence-electron chi connectivity index (χ2n) is 4.40. The summed E-state index contributed by atoms with van der Waals surface area (Å²) >= 11 is 1.38. The van der Waals surface area contributed by atoms with E-state index >= 15 is 0 Å². The molecule has 112 valence electrons. The normalized spacial score (nSPS) is 17.8. The van der Waals surface area contributed by atoms with Crippen molar-refractivity contribution in [2.24, 2.45) is 0 Å². The highest BCUT2D eigenvalue weighted by atomic mass is 127. The van der Waals surface area contributed by atoms with Crippen LogP contribution >= 0.6 is 23.0 Å². The van der Waals surface area contributed by atoms with Crippen LogP contribution in [0, 0.1) is 0 Å². The number of imide groups is 1. The molecule has 2 rings (SSSR count). The second kappa shape index (κ2) is 6.74. The van der Waals surface area contributed by atoms with Gasteiger partial charge in [0.1, 0.15) is 0 Å². The summed E-state index contributed by atoms with van der Waals surface area (Å²) in [5, 5.41) is 0. The highest BCUT2D eigenvalue weighted by molar-refractivity contribution is 14.1. The van der Waals surface area contributed by atoms with E-state index < -0.39 is 24.1 Å². The summed E-state index contributed by atoms with van der Waals surface area (Å²) < 4.78 is 9.17. The highest BCUT2D eigenvalue weighted by Crippen LogP contribution is 2.21. The lowest BCUT2D eigenvalue weighted by molar-refractivity contribution is -0.144. The SMILES string of the molecule is COC(=O)C1CN(Cc2ccccc2)C(=O)N1C(=O)OI. The Balaban J connectivity index is 2.20.